The van der Waals surface area contributed by atoms with Gasteiger partial charge in [0.15, 0.2) is 0 Å². The van der Waals surface area contributed by atoms with Gasteiger partial charge in [0.1, 0.15) is 5.75 Å². The van der Waals surface area contributed by atoms with Crippen LogP contribution in [0.2, 0.25) is 5.02 Å². The van der Waals surface area contributed by atoms with Gasteiger partial charge in [-0.05, 0) is 29.8 Å². The van der Waals surface area contributed by atoms with Gasteiger partial charge in [-0.3, -0.25) is 9.78 Å². The van der Waals surface area contributed by atoms with E-state index >= 15 is 0 Å². The molecule has 0 radical (unpaired) electrons. The van der Waals surface area contributed by atoms with Gasteiger partial charge in [0.25, 0.3) is 5.91 Å². The molecule has 1 aliphatic rings. The number of aromatic nitrogens is 1. The van der Waals surface area contributed by atoms with E-state index in [1.807, 2.05) is 18.2 Å². The molecule has 2 aromatic rings. The molecule has 2 heterocycles. The number of anilines is 1. The highest BCUT2D eigenvalue weighted by molar-refractivity contribution is 6.34. The quantitative estimate of drug-likeness (QED) is 0.916. The molecule has 1 N–H and O–H groups in total. The van der Waals surface area contributed by atoms with E-state index in [1.54, 1.807) is 6.07 Å². The summed E-state index contributed by atoms with van der Waals surface area (Å²) < 4.78 is 5.42. The van der Waals surface area contributed by atoms with E-state index in [0.29, 0.717) is 17.2 Å². The summed E-state index contributed by atoms with van der Waals surface area (Å²) >= 11 is 5.94. The Balaban J connectivity index is 1.82. The second-order valence-electron chi connectivity index (χ2n) is 4.23. The summed E-state index contributed by atoms with van der Waals surface area (Å²) in [6.45, 7) is 0.697. The molecule has 1 aliphatic heterocycles. The fourth-order valence-electron chi connectivity index (χ4n) is 2.02. The fourth-order valence-corrected chi connectivity index (χ4v) is 2.23. The van der Waals surface area contributed by atoms with Gasteiger partial charge in [-0.15, -0.1) is 0 Å². The summed E-state index contributed by atoms with van der Waals surface area (Å²) in [5.41, 5.74) is 2.26. The van der Waals surface area contributed by atoms with Gasteiger partial charge < -0.3 is 10.1 Å². The second kappa shape index (κ2) is 4.90. The Morgan fingerprint density at radius 2 is 2.26 bits per heavy atom. The van der Waals surface area contributed by atoms with E-state index in [-0.39, 0.29) is 5.91 Å². The van der Waals surface area contributed by atoms with Crippen molar-refractivity contribution >= 4 is 23.2 Å². The van der Waals surface area contributed by atoms with Gasteiger partial charge in [0.05, 0.1) is 17.2 Å². The molecule has 0 saturated carbocycles. The first-order valence-electron chi connectivity index (χ1n) is 5.90. The molecule has 0 unspecified atom stereocenters. The zero-order valence-corrected chi connectivity index (χ0v) is 10.8. The number of fused-ring (bicyclic) bond motifs is 1. The molecule has 0 bridgehead atoms. The lowest BCUT2D eigenvalue weighted by Crippen LogP contribution is -2.12. The lowest BCUT2D eigenvalue weighted by Gasteiger charge is -2.07. The third-order valence-electron chi connectivity index (χ3n) is 2.96. The van der Waals surface area contributed by atoms with Crippen LogP contribution in [-0.4, -0.2) is 17.5 Å². The Labute approximate surface area is 115 Å². The smallest absolute Gasteiger partial charge is 0.257 e. The van der Waals surface area contributed by atoms with Crippen LogP contribution in [0.15, 0.2) is 36.7 Å². The average Bonchev–Trinajstić information content (AvgIpc) is 2.86. The van der Waals surface area contributed by atoms with Crippen molar-refractivity contribution in [1.29, 1.82) is 0 Å². The number of pyridine rings is 1. The molecular weight excluding hydrogens is 264 g/mol. The first kappa shape index (κ1) is 12.0. The van der Waals surface area contributed by atoms with E-state index in [0.717, 1.165) is 23.4 Å². The van der Waals surface area contributed by atoms with Gasteiger partial charge in [-0.2, -0.15) is 0 Å². The van der Waals surface area contributed by atoms with Crippen molar-refractivity contribution < 1.29 is 9.53 Å². The van der Waals surface area contributed by atoms with Crippen LogP contribution in [0.25, 0.3) is 0 Å². The Bertz CT molecular complexity index is 643. The molecule has 1 aromatic carbocycles. The highest BCUT2D eigenvalue weighted by Crippen LogP contribution is 2.28. The number of nitrogens with one attached hydrogen (secondary N) is 1. The summed E-state index contributed by atoms with van der Waals surface area (Å²) in [6, 6.07) is 7.20. The van der Waals surface area contributed by atoms with Crippen LogP contribution in [0.4, 0.5) is 5.69 Å². The first-order chi connectivity index (χ1) is 9.24. The van der Waals surface area contributed by atoms with Crippen LogP contribution >= 0.6 is 11.6 Å². The van der Waals surface area contributed by atoms with Crippen LogP contribution < -0.4 is 10.1 Å². The number of rotatable bonds is 2. The van der Waals surface area contributed by atoms with Crippen molar-refractivity contribution in [2.45, 2.75) is 6.42 Å². The number of benzene rings is 1. The Morgan fingerprint density at radius 1 is 1.37 bits per heavy atom. The van der Waals surface area contributed by atoms with E-state index < -0.39 is 0 Å². The molecule has 0 saturated heterocycles. The minimum atomic E-state index is -0.244. The number of carbonyl (C=O) groups excluding carboxylic acids is 1. The van der Waals surface area contributed by atoms with Crippen molar-refractivity contribution in [3.63, 3.8) is 0 Å². The monoisotopic (exact) mass is 274 g/mol. The Hall–Kier alpha value is -2.07. The van der Waals surface area contributed by atoms with Gasteiger partial charge in [-0.25, -0.2) is 0 Å². The summed E-state index contributed by atoms with van der Waals surface area (Å²) in [5, 5.41) is 3.16. The van der Waals surface area contributed by atoms with Crippen LogP contribution in [0.3, 0.4) is 0 Å². The standard InChI is InChI=1S/C14H11ClN2O2/c15-12-8-16-5-3-11(12)14(18)17-10-1-2-13-9(7-10)4-6-19-13/h1-3,5,7-8H,4,6H2,(H,17,18). The fraction of sp³-hybridized carbons (Fsp3) is 0.143. The maximum atomic E-state index is 12.1. The molecule has 3 rings (SSSR count). The summed E-state index contributed by atoms with van der Waals surface area (Å²) in [7, 11) is 0. The molecule has 96 valence electrons. The molecule has 5 heteroatoms. The molecule has 0 aliphatic carbocycles. The zero-order valence-electron chi connectivity index (χ0n) is 10.0. The maximum Gasteiger partial charge on any atom is 0.257 e. The minimum absolute atomic E-state index is 0.244. The normalized spacial score (nSPS) is 12.7. The molecular formula is C14H11ClN2O2. The summed E-state index contributed by atoms with van der Waals surface area (Å²) in [6.07, 6.45) is 3.86. The first-order valence-corrected chi connectivity index (χ1v) is 6.28. The van der Waals surface area contributed by atoms with Crippen LogP contribution in [0.5, 0.6) is 5.75 Å². The Morgan fingerprint density at radius 3 is 3.11 bits per heavy atom. The molecule has 1 amide bonds. The largest absolute Gasteiger partial charge is 0.493 e. The number of hydrogen-bond acceptors (Lipinski definition) is 3. The molecule has 0 atom stereocenters. The lowest BCUT2D eigenvalue weighted by molar-refractivity contribution is 0.102. The van der Waals surface area contributed by atoms with Gasteiger partial charge in [0.2, 0.25) is 0 Å². The highest BCUT2D eigenvalue weighted by atomic mass is 35.5. The van der Waals surface area contributed by atoms with Gasteiger partial charge >= 0.3 is 0 Å². The summed E-state index contributed by atoms with van der Waals surface area (Å²) in [4.78, 5) is 15.9. The molecule has 1 aromatic heterocycles. The maximum absolute atomic E-state index is 12.1. The van der Waals surface area contributed by atoms with Crippen molar-refractivity contribution in [2.24, 2.45) is 0 Å². The van der Waals surface area contributed by atoms with Crippen molar-refractivity contribution in [1.82, 2.24) is 4.98 Å². The number of hydrogen-bond donors (Lipinski definition) is 1. The lowest BCUT2D eigenvalue weighted by atomic mass is 10.1. The average molecular weight is 275 g/mol. The zero-order chi connectivity index (χ0) is 13.2. The molecule has 0 fully saturated rings. The number of nitrogens with zero attached hydrogens (tertiary/aromatic N) is 1. The van der Waals surface area contributed by atoms with E-state index in [9.17, 15) is 4.79 Å². The molecule has 4 nitrogen and oxygen atoms in total. The van der Waals surface area contributed by atoms with Crippen molar-refractivity contribution in [3.8, 4) is 5.75 Å². The van der Waals surface area contributed by atoms with Crippen molar-refractivity contribution in [3.05, 3.63) is 52.8 Å². The van der Waals surface area contributed by atoms with E-state index in [4.69, 9.17) is 16.3 Å². The number of carbonyl (C=O) groups is 1. The number of ether oxygens (including phenoxy) is 1. The van der Waals surface area contributed by atoms with Gasteiger partial charge in [-0.1, -0.05) is 11.6 Å². The number of amides is 1. The third-order valence-corrected chi connectivity index (χ3v) is 3.27. The number of halogens is 1. The topological polar surface area (TPSA) is 51.2 Å². The second-order valence-corrected chi connectivity index (χ2v) is 4.64. The predicted molar refractivity (Wildman–Crippen MR) is 72.8 cm³/mol. The highest BCUT2D eigenvalue weighted by Gasteiger charge is 2.14. The van der Waals surface area contributed by atoms with Crippen LogP contribution in [-0.2, 0) is 6.42 Å². The third kappa shape index (κ3) is 2.39. The predicted octanol–water partition coefficient (Wildman–Crippen LogP) is 2.92. The van der Waals surface area contributed by atoms with E-state index in [1.165, 1.54) is 12.4 Å². The van der Waals surface area contributed by atoms with Crippen LogP contribution in [0, 0.1) is 0 Å². The van der Waals surface area contributed by atoms with Crippen molar-refractivity contribution in [2.75, 3.05) is 11.9 Å². The van der Waals surface area contributed by atoms with Crippen LogP contribution in [0.1, 0.15) is 15.9 Å². The SMILES string of the molecule is O=C(Nc1ccc2c(c1)CCO2)c1ccncc1Cl. The van der Waals surface area contributed by atoms with Gasteiger partial charge in [0, 0.05) is 24.5 Å². The molecule has 0 spiro atoms. The minimum Gasteiger partial charge on any atom is -0.493 e. The van der Waals surface area contributed by atoms with E-state index in [2.05, 4.69) is 10.3 Å². The molecule has 19 heavy (non-hydrogen) atoms. The summed E-state index contributed by atoms with van der Waals surface area (Å²) in [5.74, 6) is 0.645. The Kier molecular flexibility index (Phi) is 3.09.